The summed E-state index contributed by atoms with van der Waals surface area (Å²) >= 11 is 0. The maximum Gasteiger partial charge on any atom is 0.126 e. The molecule has 0 aliphatic carbocycles. The van der Waals surface area contributed by atoms with Crippen molar-refractivity contribution in [3.63, 3.8) is 0 Å². The van der Waals surface area contributed by atoms with E-state index in [1.54, 1.807) is 14.2 Å². The second-order valence-electron chi connectivity index (χ2n) is 4.73. The van der Waals surface area contributed by atoms with E-state index in [1.165, 1.54) is 11.4 Å². The Hall–Kier alpha value is -1.26. The summed E-state index contributed by atoms with van der Waals surface area (Å²) in [6.45, 7) is 10.2. The fourth-order valence-corrected chi connectivity index (χ4v) is 2.45. The summed E-state index contributed by atoms with van der Waals surface area (Å²) in [5, 5.41) is 0. The lowest BCUT2D eigenvalue weighted by Gasteiger charge is -2.36. The Bertz CT molecular complexity index is 361. The van der Waals surface area contributed by atoms with Gasteiger partial charge in [0.2, 0.25) is 0 Å². The maximum absolute atomic E-state index is 5.49. The van der Waals surface area contributed by atoms with Crippen LogP contribution in [0, 0.1) is 0 Å². The second-order valence-corrected chi connectivity index (χ2v) is 4.73. The molecule has 2 atom stereocenters. The van der Waals surface area contributed by atoms with E-state index in [1.807, 2.05) is 0 Å². The van der Waals surface area contributed by atoms with Gasteiger partial charge in [-0.1, -0.05) is 12.1 Å². The summed E-state index contributed by atoms with van der Waals surface area (Å²) in [5.74, 6) is 0. The first-order valence-corrected chi connectivity index (χ1v) is 7.28. The molecule has 0 bridgehead atoms. The highest BCUT2D eigenvalue weighted by molar-refractivity contribution is 5.71. The molecule has 114 valence electrons. The first-order valence-electron chi connectivity index (χ1n) is 7.28. The van der Waals surface area contributed by atoms with E-state index in [0.29, 0.717) is 0 Å². The SMILES string of the molecule is CCN(c1ccccc1N(CC)C(C)OC)C(C)OC. The number of hydrogen-bond donors (Lipinski definition) is 0. The molecule has 0 spiro atoms. The first kappa shape index (κ1) is 16.8. The van der Waals surface area contributed by atoms with Crippen molar-refractivity contribution in [2.75, 3.05) is 37.1 Å². The Morgan fingerprint density at radius 1 is 0.850 bits per heavy atom. The van der Waals surface area contributed by atoms with Gasteiger partial charge in [0.15, 0.2) is 0 Å². The van der Waals surface area contributed by atoms with Crippen molar-refractivity contribution >= 4 is 11.4 Å². The minimum absolute atomic E-state index is 0.0395. The van der Waals surface area contributed by atoms with Gasteiger partial charge in [-0.3, -0.25) is 0 Å². The minimum atomic E-state index is 0.0395. The fraction of sp³-hybridized carbons (Fsp3) is 0.625. The average Bonchev–Trinajstić information content (AvgIpc) is 2.49. The van der Waals surface area contributed by atoms with E-state index in [4.69, 9.17) is 9.47 Å². The Kier molecular flexibility index (Phi) is 6.82. The molecule has 0 fully saturated rings. The molecule has 4 nitrogen and oxygen atoms in total. The molecule has 2 unspecified atom stereocenters. The number of nitrogens with zero attached hydrogens (tertiary/aromatic N) is 2. The van der Waals surface area contributed by atoms with Crippen LogP contribution in [0.2, 0.25) is 0 Å². The molecule has 1 rings (SSSR count). The molecule has 0 radical (unpaired) electrons. The van der Waals surface area contributed by atoms with E-state index in [-0.39, 0.29) is 12.5 Å². The van der Waals surface area contributed by atoms with E-state index < -0.39 is 0 Å². The quantitative estimate of drug-likeness (QED) is 0.682. The van der Waals surface area contributed by atoms with Crippen LogP contribution in [0.1, 0.15) is 27.7 Å². The predicted molar refractivity (Wildman–Crippen MR) is 85.4 cm³/mol. The zero-order chi connectivity index (χ0) is 15.1. The van der Waals surface area contributed by atoms with Crippen molar-refractivity contribution < 1.29 is 9.47 Å². The van der Waals surface area contributed by atoms with Crippen LogP contribution in [-0.4, -0.2) is 39.8 Å². The highest BCUT2D eigenvalue weighted by atomic mass is 16.5. The molecule has 0 aliphatic rings. The largest absolute Gasteiger partial charge is 0.362 e. The maximum atomic E-state index is 5.49. The van der Waals surface area contributed by atoms with Crippen molar-refractivity contribution in [1.29, 1.82) is 0 Å². The molecule has 4 heteroatoms. The lowest BCUT2D eigenvalue weighted by atomic mass is 10.2. The van der Waals surface area contributed by atoms with Crippen molar-refractivity contribution in [3.05, 3.63) is 24.3 Å². The number of ether oxygens (including phenoxy) is 2. The van der Waals surface area contributed by atoms with Gasteiger partial charge in [-0.2, -0.15) is 0 Å². The van der Waals surface area contributed by atoms with Crippen LogP contribution < -0.4 is 9.80 Å². The number of benzene rings is 1. The third kappa shape index (κ3) is 3.64. The Morgan fingerprint density at radius 3 is 1.45 bits per heavy atom. The number of para-hydroxylation sites is 2. The number of anilines is 2. The van der Waals surface area contributed by atoms with Crippen LogP contribution >= 0.6 is 0 Å². The molecule has 1 aromatic rings. The summed E-state index contributed by atoms with van der Waals surface area (Å²) in [6, 6.07) is 8.41. The Balaban J connectivity index is 3.20. The van der Waals surface area contributed by atoms with Gasteiger partial charge in [-0.05, 0) is 39.8 Å². The topological polar surface area (TPSA) is 24.9 Å². The standard InChI is InChI=1S/C16H28N2O2/c1-7-17(13(3)19-5)15-11-9-10-12-16(15)18(8-2)14(4)20-6/h9-14H,7-8H2,1-6H3. The second kappa shape index (κ2) is 8.12. The smallest absolute Gasteiger partial charge is 0.126 e. The van der Waals surface area contributed by atoms with Gasteiger partial charge in [0, 0.05) is 27.3 Å². The van der Waals surface area contributed by atoms with Crippen LogP contribution in [-0.2, 0) is 9.47 Å². The lowest BCUT2D eigenvalue weighted by molar-refractivity contribution is 0.112. The normalized spacial score (nSPS) is 13.9. The zero-order valence-corrected chi connectivity index (χ0v) is 13.6. The highest BCUT2D eigenvalue weighted by Gasteiger charge is 2.20. The van der Waals surface area contributed by atoms with Crippen molar-refractivity contribution in [3.8, 4) is 0 Å². The van der Waals surface area contributed by atoms with Crippen molar-refractivity contribution in [2.45, 2.75) is 40.2 Å². The van der Waals surface area contributed by atoms with Gasteiger partial charge < -0.3 is 19.3 Å². The monoisotopic (exact) mass is 280 g/mol. The number of hydrogen-bond acceptors (Lipinski definition) is 4. The molecular formula is C16H28N2O2. The molecule has 0 aromatic heterocycles. The average molecular weight is 280 g/mol. The van der Waals surface area contributed by atoms with Gasteiger partial charge in [0.25, 0.3) is 0 Å². The van der Waals surface area contributed by atoms with Gasteiger partial charge in [0.1, 0.15) is 12.5 Å². The van der Waals surface area contributed by atoms with E-state index in [9.17, 15) is 0 Å². The first-order chi connectivity index (χ1) is 9.60. The van der Waals surface area contributed by atoms with Crippen LogP contribution in [0.3, 0.4) is 0 Å². The third-order valence-electron chi connectivity index (χ3n) is 3.74. The summed E-state index contributed by atoms with van der Waals surface area (Å²) < 4.78 is 11.0. The van der Waals surface area contributed by atoms with Crippen molar-refractivity contribution in [2.24, 2.45) is 0 Å². The van der Waals surface area contributed by atoms with E-state index >= 15 is 0 Å². The van der Waals surface area contributed by atoms with Gasteiger partial charge in [-0.25, -0.2) is 0 Å². The van der Waals surface area contributed by atoms with Crippen molar-refractivity contribution in [1.82, 2.24) is 0 Å². The van der Waals surface area contributed by atoms with Crippen LogP contribution in [0.5, 0.6) is 0 Å². The number of methoxy groups -OCH3 is 2. The molecule has 0 aliphatic heterocycles. The minimum Gasteiger partial charge on any atom is -0.362 e. The predicted octanol–water partition coefficient (Wildman–Crippen LogP) is 3.32. The van der Waals surface area contributed by atoms with E-state index in [0.717, 1.165) is 13.1 Å². The fourth-order valence-electron chi connectivity index (χ4n) is 2.45. The van der Waals surface area contributed by atoms with Crippen LogP contribution in [0.4, 0.5) is 11.4 Å². The Morgan fingerprint density at radius 2 is 1.20 bits per heavy atom. The van der Waals surface area contributed by atoms with Gasteiger partial charge in [-0.15, -0.1) is 0 Å². The summed E-state index contributed by atoms with van der Waals surface area (Å²) in [6.07, 6.45) is 0.0791. The number of rotatable bonds is 8. The molecule has 0 amide bonds. The highest BCUT2D eigenvalue weighted by Crippen LogP contribution is 2.31. The molecule has 20 heavy (non-hydrogen) atoms. The van der Waals surface area contributed by atoms with Gasteiger partial charge in [0.05, 0.1) is 11.4 Å². The zero-order valence-electron chi connectivity index (χ0n) is 13.6. The van der Waals surface area contributed by atoms with Crippen LogP contribution in [0.15, 0.2) is 24.3 Å². The summed E-state index contributed by atoms with van der Waals surface area (Å²) in [7, 11) is 3.48. The van der Waals surface area contributed by atoms with Crippen LogP contribution in [0.25, 0.3) is 0 Å². The summed E-state index contributed by atoms with van der Waals surface area (Å²) in [4.78, 5) is 4.50. The molecule has 0 saturated carbocycles. The lowest BCUT2D eigenvalue weighted by Crippen LogP contribution is -2.39. The third-order valence-corrected chi connectivity index (χ3v) is 3.74. The van der Waals surface area contributed by atoms with E-state index in [2.05, 4.69) is 61.8 Å². The molecule has 0 N–H and O–H groups in total. The Labute approximate surface area is 123 Å². The molecule has 0 saturated heterocycles. The summed E-state index contributed by atoms with van der Waals surface area (Å²) in [5.41, 5.74) is 2.35. The molecular weight excluding hydrogens is 252 g/mol. The van der Waals surface area contributed by atoms with Gasteiger partial charge >= 0.3 is 0 Å². The molecule has 0 heterocycles. The molecule has 1 aromatic carbocycles.